The first kappa shape index (κ1) is 21.4. The third kappa shape index (κ3) is 4.53. The van der Waals surface area contributed by atoms with Crippen molar-refractivity contribution < 1.29 is 4.79 Å². The number of allylic oxidation sites excluding steroid dienone is 1. The normalized spacial score (nSPS) is 19.6. The van der Waals surface area contributed by atoms with Crippen molar-refractivity contribution >= 4 is 28.7 Å². The summed E-state index contributed by atoms with van der Waals surface area (Å²) in [6, 6.07) is 0.0801. The summed E-state index contributed by atoms with van der Waals surface area (Å²) in [4.78, 5) is 49.7. The summed E-state index contributed by atoms with van der Waals surface area (Å²) in [5.41, 5.74) is 0.947. The van der Waals surface area contributed by atoms with Crippen LogP contribution in [0.3, 0.4) is 0 Å². The van der Waals surface area contributed by atoms with E-state index in [0.29, 0.717) is 28.4 Å². The molecule has 32 heavy (non-hydrogen) atoms. The molecule has 1 amide bonds. The van der Waals surface area contributed by atoms with Crippen LogP contribution in [0.15, 0.2) is 26.3 Å². The van der Waals surface area contributed by atoms with Gasteiger partial charge < -0.3 is 5.32 Å². The lowest BCUT2D eigenvalue weighted by molar-refractivity contribution is -0.120. The highest BCUT2D eigenvalue weighted by Gasteiger charge is 2.33. The summed E-state index contributed by atoms with van der Waals surface area (Å²) >= 11 is 1.27. The molecule has 0 unspecified atom stereocenters. The van der Waals surface area contributed by atoms with E-state index in [2.05, 4.69) is 26.3 Å². The molecule has 8 nitrogen and oxygen atoms in total. The first-order valence-corrected chi connectivity index (χ1v) is 12.6. The molecule has 9 heteroatoms. The van der Waals surface area contributed by atoms with Gasteiger partial charge in [-0.05, 0) is 64.7 Å². The molecule has 3 aliphatic carbocycles. The highest BCUT2D eigenvalue weighted by atomic mass is 32.2. The highest BCUT2D eigenvalue weighted by molar-refractivity contribution is 8.00. The second kappa shape index (κ2) is 8.84. The lowest BCUT2D eigenvalue weighted by Crippen LogP contribution is -2.33. The van der Waals surface area contributed by atoms with E-state index in [1.165, 1.54) is 30.2 Å². The number of rotatable bonds is 8. The minimum Gasteiger partial charge on any atom is -0.355 e. The Kier molecular flexibility index (Phi) is 5.92. The summed E-state index contributed by atoms with van der Waals surface area (Å²) in [6.07, 6.45) is 11.8. The van der Waals surface area contributed by atoms with Gasteiger partial charge in [0.2, 0.25) is 5.91 Å². The van der Waals surface area contributed by atoms with Gasteiger partial charge in [-0.15, -0.1) is 0 Å². The van der Waals surface area contributed by atoms with Crippen molar-refractivity contribution in [1.82, 2.24) is 24.8 Å². The average Bonchev–Trinajstić information content (AvgIpc) is 3.68. The Morgan fingerprint density at radius 3 is 2.75 bits per heavy atom. The minimum absolute atomic E-state index is 0.0712. The van der Waals surface area contributed by atoms with Crippen LogP contribution in [0.2, 0.25) is 0 Å². The quantitative estimate of drug-likeness (QED) is 0.359. The van der Waals surface area contributed by atoms with E-state index >= 15 is 0 Å². The molecule has 0 aromatic carbocycles. The predicted octanol–water partition coefficient (Wildman–Crippen LogP) is 3.18. The zero-order valence-corrected chi connectivity index (χ0v) is 19.2. The van der Waals surface area contributed by atoms with E-state index in [1.807, 2.05) is 6.92 Å². The fourth-order valence-corrected chi connectivity index (χ4v) is 5.23. The predicted molar refractivity (Wildman–Crippen MR) is 124 cm³/mol. The van der Waals surface area contributed by atoms with E-state index in [4.69, 9.17) is 0 Å². The Balaban J connectivity index is 1.38. The second-order valence-electron chi connectivity index (χ2n) is 9.13. The SMILES string of the molecule is C[C@H](Sc1nc(C2CC2)nc2c1c(=O)[nH]c(=O)n2C1CC1)C(=O)NCCC1=CCCCC1. The monoisotopic (exact) mass is 455 g/mol. The Bertz CT molecular complexity index is 1190. The largest absolute Gasteiger partial charge is 0.355 e. The third-order valence-electron chi connectivity index (χ3n) is 6.41. The van der Waals surface area contributed by atoms with Crippen LogP contribution in [0.25, 0.3) is 11.0 Å². The van der Waals surface area contributed by atoms with Crippen LogP contribution >= 0.6 is 11.8 Å². The number of carbonyl (C=O) groups is 1. The summed E-state index contributed by atoms with van der Waals surface area (Å²) < 4.78 is 1.61. The molecular formula is C23H29N5O3S. The second-order valence-corrected chi connectivity index (χ2v) is 10.5. The summed E-state index contributed by atoms with van der Waals surface area (Å²) in [5, 5.41) is 3.42. The Morgan fingerprint density at radius 1 is 1.25 bits per heavy atom. The Morgan fingerprint density at radius 2 is 2.06 bits per heavy atom. The van der Waals surface area contributed by atoms with Crippen LogP contribution in [0, 0.1) is 0 Å². The van der Waals surface area contributed by atoms with E-state index in [1.54, 1.807) is 4.57 Å². The van der Waals surface area contributed by atoms with Crippen LogP contribution in [-0.2, 0) is 4.79 Å². The Hall–Kier alpha value is -2.42. The summed E-state index contributed by atoms with van der Waals surface area (Å²) in [6.45, 7) is 2.45. The standard InChI is InChI=1S/C23H29N5O3S/c1-13(20(29)24-12-11-14-5-3-2-4-6-14)32-22-17-19(25-18(26-22)15-7-8-15)28(16-9-10-16)23(31)27-21(17)30/h5,13,15-16H,2-4,6-12H2,1H3,(H,24,29)(H,27,30,31)/t13-/m0/s1. The van der Waals surface area contributed by atoms with Crippen LogP contribution in [0.4, 0.5) is 0 Å². The zero-order chi connectivity index (χ0) is 22.2. The van der Waals surface area contributed by atoms with Crippen molar-refractivity contribution in [3.8, 4) is 0 Å². The molecule has 2 N–H and O–H groups in total. The molecule has 0 radical (unpaired) electrons. The minimum atomic E-state index is -0.483. The van der Waals surface area contributed by atoms with Crippen molar-refractivity contribution in [2.75, 3.05) is 6.54 Å². The number of thioether (sulfide) groups is 1. The molecule has 0 aliphatic heterocycles. The van der Waals surface area contributed by atoms with Gasteiger partial charge in [-0.2, -0.15) is 0 Å². The van der Waals surface area contributed by atoms with Gasteiger partial charge in [0.05, 0.1) is 5.25 Å². The molecule has 2 heterocycles. The van der Waals surface area contributed by atoms with Crippen molar-refractivity contribution in [2.45, 2.75) is 86.9 Å². The molecule has 5 rings (SSSR count). The number of carbonyl (C=O) groups excluding carboxylic acids is 1. The highest BCUT2D eigenvalue weighted by Crippen LogP contribution is 2.41. The van der Waals surface area contributed by atoms with Crippen molar-refractivity contribution in [3.05, 3.63) is 38.3 Å². The zero-order valence-electron chi connectivity index (χ0n) is 18.4. The number of fused-ring (bicyclic) bond motifs is 1. The number of nitrogens with zero attached hydrogens (tertiary/aromatic N) is 3. The maximum Gasteiger partial charge on any atom is 0.330 e. The van der Waals surface area contributed by atoms with Gasteiger partial charge in [0.25, 0.3) is 5.56 Å². The fourth-order valence-electron chi connectivity index (χ4n) is 4.26. The molecule has 2 fully saturated rings. The van der Waals surface area contributed by atoms with Gasteiger partial charge in [-0.25, -0.2) is 14.8 Å². The van der Waals surface area contributed by atoms with E-state index < -0.39 is 16.5 Å². The Labute approximate surface area is 190 Å². The molecule has 1 atom stereocenters. The fraction of sp³-hybridized carbons (Fsp3) is 0.609. The van der Waals surface area contributed by atoms with Gasteiger partial charge in [0.1, 0.15) is 16.2 Å². The molecule has 170 valence electrons. The van der Waals surface area contributed by atoms with Gasteiger partial charge in [0.15, 0.2) is 5.65 Å². The van der Waals surface area contributed by atoms with Crippen molar-refractivity contribution in [2.24, 2.45) is 0 Å². The first-order chi connectivity index (χ1) is 15.5. The molecule has 0 saturated heterocycles. The maximum atomic E-state index is 12.7. The van der Waals surface area contributed by atoms with Gasteiger partial charge in [0, 0.05) is 18.5 Å². The van der Waals surface area contributed by atoms with E-state index in [9.17, 15) is 14.4 Å². The number of nitrogens with one attached hydrogen (secondary N) is 2. The first-order valence-electron chi connectivity index (χ1n) is 11.7. The summed E-state index contributed by atoms with van der Waals surface area (Å²) in [5.74, 6) is 0.878. The molecule has 0 bridgehead atoms. The van der Waals surface area contributed by atoms with Gasteiger partial charge in [-0.1, -0.05) is 23.4 Å². The molecule has 2 aromatic rings. The van der Waals surface area contributed by atoms with Crippen LogP contribution in [0.5, 0.6) is 0 Å². The molecule has 0 spiro atoms. The smallest absolute Gasteiger partial charge is 0.330 e. The van der Waals surface area contributed by atoms with Gasteiger partial charge >= 0.3 is 5.69 Å². The molecule has 2 aromatic heterocycles. The van der Waals surface area contributed by atoms with E-state index in [-0.39, 0.29) is 17.9 Å². The maximum absolute atomic E-state index is 12.7. The number of amides is 1. The molecular weight excluding hydrogens is 426 g/mol. The lowest BCUT2D eigenvalue weighted by Gasteiger charge is -2.16. The molecule has 3 aliphatic rings. The van der Waals surface area contributed by atoms with Crippen molar-refractivity contribution in [3.63, 3.8) is 0 Å². The summed E-state index contributed by atoms with van der Waals surface area (Å²) in [7, 11) is 0. The number of aromatic nitrogens is 4. The number of aromatic amines is 1. The molecule has 2 saturated carbocycles. The average molecular weight is 456 g/mol. The van der Waals surface area contributed by atoms with E-state index in [0.717, 1.165) is 44.9 Å². The number of H-pyrrole nitrogens is 1. The van der Waals surface area contributed by atoms with Crippen molar-refractivity contribution in [1.29, 1.82) is 0 Å². The van der Waals surface area contributed by atoms with Gasteiger partial charge in [-0.3, -0.25) is 19.1 Å². The number of hydrogen-bond acceptors (Lipinski definition) is 6. The van der Waals surface area contributed by atoms with Crippen LogP contribution in [0.1, 0.15) is 82.5 Å². The topological polar surface area (TPSA) is 110 Å². The lowest BCUT2D eigenvalue weighted by atomic mass is 9.97. The third-order valence-corrected chi connectivity index (χ3v) is 7.50. The number of hydrogen-bond donors (Lipinski definition) is 2. The van der Waals surface area contributed by atoms with Crippen LogP contribution < -0.4 is 16.6 Å². The van der Waals surface area contributed by atoms with Crippen LogP contribution in [-0.4, -0.2) is 37.2 Å².